The lowest BCUT2D eigenvalue weighted by Crippen LogP contribution is -2.18. The number of benzene rings is 3. The average Bonchev–Trinajstić information content (AvgIpc) is 2.95. The summed E-state index contributed by atoms with van der Waals surface area (Å²) in [6, 6.07) is 21.4. The Kier molecular flexibility index (Phi) is 9.00. The van der Waals surface area contributed by atoms with Crippen molar-refractivity contribution in [1.82, 2.24) is 15.4 Å². The number of ether oxygens (including phenoxy) is 2. The maximum Gasteiger partial charge on any atom is 0.274 e. The highest BCUT2D eigenvalue weighted by atomic mass is 19.1. The fourth-order valence-electron chi connectivity index (χ4n) is 3.41. The number of amides is 1. The molecule has 11 heteroatoms. The molecule has 0 bridgehead atoms. The lowest BCUT2D eigenvalue weighted by Gasteiger charge is -2.12. The van der Waals surface area contributed by atoms with E-state index in [1.807, 2.05) is 30.3 Å². The Morgan fingerprint density at radius 1 is 0.947 bits per heavy atom. The summed E-state index contributed by atoms with van der Waals surface area (Å²) >= 11 is 0. The number of hydrogen-bond donors (Lipinski definition) is 5. The van der Waals surface area contributed by atoms with Crippen LogP contribution in [-0.2, 0) is 11.3 Å². The minimum Gasteiger partial charge on any atom is -0.491 e. The molecule has 1 amide bonds. The van der Waals surface area contributed by atoms with Crippen molar-refractivity contribution >= 4 is 34.7 Å². The molecule has 4 aromatic rings. The summed E-state index contributed by atoms with van der Waals surface area (Å²) in [7, 11) is 1.61. The molecule has 0 atom stereocenters. The Hall–Kier alpha value is -4.74. The van der Waals surface area contributed by atoms with Crippen LogP contribution in [0.15, 0.2) is 79.0 Å². The number of carbonyl (C=O) groups is 1. The Morgan fingerprint density at radius 3 is 2.45 bits per heavy atom. The van der Waals surface area contributed by atoms with E-state index in [2.05, 4.69) is 25.9 Å². The fraction of sp³-hybridized carbons (Fsp3) is 0.148. The van der Waals surface area contributed by atoms with E-state index < -0.39 is 11.7 Å². The lowest BCUT2D eigenvalue weighted by molar-refractivity contribution is 0.0706. The van der Waals surface area contributed by atoms with E-state index in [0.717, 1.165) is 23.1 Å². The highest BCUT2D eigenvalue weighted by Gasteiger charge is 2.09. The van der Waals surface area contributed by atoms with Gasteiger partial charge in [-0.1, -0.05) is 18.2 Å². The number of nitrogens with zero attached hydrogens (tertiary/aromatic N) is 2. The molecule has 4 rings (SSSR count). The largest absolute Gasteiger partial charge is 0.491 e. The molecule has 0 aliphatic rings. The highest BCUT2D eigenvalue weighted by molar-refractivity contribution is 5.93. The minimum atomic E-state index is -0.595. The van der Waals surface area contributed by atoms with Crippen LogP contribution in [0.4, 0.5) is 33.2 Å². The van der Waals surface area contributed by atoms with E-state index in [-0.39, 0.29) is 11.8 Å². The van der Waals surface area contributed by atoms with Crippen LogP contribution in [-0.4, -0.2) is 41.4 Å². The molecule has 0 spiro atoms. The van der Waals surface area contributed by atoms with Crippen LogP contribution in [0.25, 0.3) is 0 Å². The fourth-order valence-corrected chi connectivity index (χ4v) is 3.41. The van der Waals surface area contributed by atoms with Crippen molar-refractivity contribution in [2.75, 3.05) is 36.3 Å². The zero-order valence-corrected chi connectivity index (χ0v) is 20.6. The quantitative estimate of drug-likeness (QED) is 0.101. The van der Waals surface area contributed by atoms with Gasteiger partial charge >= 0.3 is 0 Å². The third-order valence-corrected chi connectivity index (χ3v) is 5.35. The first-order valence-electron chi connectivity index (χ1n) is 11.7. The third-order valence-electron chi connectivity index (χ3n) is 5.35. The van der Waals surface area contributed by atoms with Crippen LogP contribution in [0.3, 0.4) is 0 Å². The van der Waals surface area contributed by atoms with E-state index in [0.29, 0.717) is 36.8 Å². The minimum absolute atomic E-state index is 0.0249. The van der Waals surface area contributed by atoms with Crippen molar-refractivity contribution in [1.29, 1.82) is 0 Å². The first-order chi connectivity index (χ1) is 18.5. The van der Waals surface area contributed by atoms with Crippen LogP contribution in [0.5, 0.6) is 5.75 Å². The number of hydrogen-bond acceptors (Lipinski definition) is 9. The molecule has 38 heavy (non-hydrogen) atoms. The third kappa shape index (κ3) is 7.38. The maximum atomic E-state index is 14.5. The van der Waals surface area contributed by atoms with E-state index in [4.69, 9.17) is 14.7 Å². The molecule has 0 aliphatic carbocycles. The number of methoxy groups -OCH3 is 1. The number of hydroxylamine groups is 1. The first-order valence-corrected chi connectivity index (χ1v) is 11.7. The van der Waals surface area contributed by atoms with Crippen molar-refractivity contribution in [2.45, 2.75) is 6.54 Å². The summed E-state index contributed by atoms with van der Waals surface area (Å²) in [5.74, 6) is -0.205. The molecule has 1 heterocycles. The van der Waals surface area contributed by atoms with Crippen LogP contribution < -0.4 is 26.2 Å². The SMILES string of the molecule is COCCOc1ccc(Nc2ncc(F)c(Nc3cccc(NCc4ccc(C(=O)NO)cc4)c3)n2)cc1. The lowest BCUT2D eigenvalue weighted by atomic mass is 10.1. The van der Waals surface area contributed by atoms with Crippen LogP contribution in [0.2, 0.25) is 0 Å². The molecular weight excluding hydrogens is 491 g/mol. The molecule has 0 fully saturated rings. The van der Waals surface area contributed by atoms with Gasteiger partial charge in [-0.15, -0.1) is 0 Å². The van der Waals surface area contributed by atoms with Gasteiger partial charge in [0, 0.05) is 36.3 Å². The van der Waals surface area contributed by atoms with Gasteiger partial charge in [0.25, 0.3) is 5.91 Å². The standard InChI is InChI=1S/C27H27FN6O4/c1-37-13-14-38-23-11-9-20(10-12-23)32-27-30-17-24(28)25(33-27)31-22-4-2-3-21(15-22)29-16-18-5-7-19(8-6-18)26(35)34-36/h2-12,15,17,29,36H,13-14,16H2,1H3,(H,34,35)(H2,30,31,32,33). The number of halogens is 1. The van der Waals surface area contributed by atoms with Gasteiger partial charge < -0.3 is 25.4 Å². The molecule has 0 saturated heterocycles. The zero-order valence-electron chi connectivity index (χ0n) is 20.6. The van der Waals surface area contributed by atoms with Gasteiger partial charge in [-0.3, -0.25) is 10.0 Å². The Bertz CT molecular complexity index is 1350. The molecule has 0 aliphatic heterocycles. The van der Waals surface area contributed by atoms with Crippen molar-refractivity contribution in [3.63, 3.8) is 0 Å². The van der Waals surface area contributed by atoms with E-state index >= 15 is 0 Å². The maximum absolute atomic E-state index is 14.5. The normalized spacial score (nSPS) is 10.5. The monoisotopic (exact) mass is 518 g/mol. The van der Waals surface area contributed by atoms with Crippen molar-refractivity contribution < 1.29 is 23.9 Å². The number of anilines is 5. The smallest absolute Gasteiger partial charge is 0.274 e. The summed E-state index contributed by atoms with van der Waals surface area (Å²) in [4.78, 5) is 19.7. The van der Waals surface area contributed by atoms with Gasteiger partial charge in [0.05, 0.1) is 12.8 Å². The van der Waals surface area contributed by atoms with Gasteiger partial charge in [0.15, 0.2) is 11.6 Å². The molecule has 0 radical (unpaired) electrons. The number of carbonyl (C=O) groups excluding carboxylic acids is 1. The molecule has 0 saturated carbocycles. The Labute approximate surface area is 218 Å². The second-order valence-electron chi connectivity index (χ2n) is 8.08. The molecule has 3 aromatic carbocycles. The van der Waals surface area contributed by atoms with Gasteiger partial charge in [-0.25, -0.2) is 14.9 Å². The summed E-state index contributed by atoms with van der Waals surface area (Å²) in [6.07, 6.45) is 1.10. The molecule has 10 nitrogen and oxygen atoms in total. The zero-order chi connectivity index (χ0) is 26.7. The van der Waals surface area contributed by atoms with Crippen molar-refractivity contribution in [3.8, 4) is 5.75 Å². The highest BCUT2D eigenvalue weighted by Crippen LogP contribution is 2.24. The predicted molar refractivity (Wildman–Crippen MR) is 142 cm³/mol. The summed E-state index contributed by atoms with van der Waals surface area (Å²) < 4.78 is 25.0. The predicted octanol–water partition coefficient (Wildman–Crippen LogP) is 4.86. The van der Waals surface area contributed by atoms with Gasteiger partial charge in [0.1, 0.15) is 12.4 Å². The number of aromatic nitrogens is 2. The number of nitrogens with one attached hydrogen (secondary N) is 4. The topological polar surface area (TPSA) is 130 Å². The first kappa shape index (κ1) is 26.3. The van der Waals surface area contributed by atoms with Gasteiger partial charge in [-0.2, -0.15) is 4.98 Å². The van der Waals surface area contributed by atoms with Crippen molar-refractivity contribution in [2.24, 2.45) is 0 Å². The second kappa shape index (κ2) is 13.0. The summed E-state index contributed by atoms with van der Waals surface area (Å²) in [6.45, 7) is 1.45. The molecule has 5 N–H and O–H groups in total. The number of rotatable bonds is 12. The molecule has 1 aromatic heterocycles. The Balaban J connectivity index is 1.37. The second-order valence-corrected chi connectivity index (χ2v) is 8.08. The van der Waals surface area contributed by atoms with Crippen molar-refractivity contribution in [3.05, 3.63) is 95.9 Å². The molecular formula is C27H27FN6O4. The van der Waals surface area contributed by atoms with E-state index in [1.54, 1.807) is 55.1 Å². The van der Waals surface area contributed by atoms with Crippen LogP contribution >= 0.6 is 0 Å². The van der Waals surface area contributed by atoms with Crippen LogP contribution in [0.1, 0.15) is 15.9 Å². The van der Waals surface area contributed by atoms with E-state index in [1.165, 1.54) is 0 Å². The molecule has 0 unspecified atom stereocenters. The van der Waals surface area contributed by atoms with E-state index in [9.17, 15) is 9.18 Å². The average molecular weight is 519 g/mol. The Morgan fingerprint density at radius 2 is 1.71 bits per heavy atom. The van der Waals surface area contributed by atoms with Gasteiger partial charge in [-0.05, 0) is 60.2 Å². The summed E-state index contributed by atoms with van der Waals surface area (Å²) in [5.41, 5.74) is 5.04. The molecule has 196 valence electrons. The summed E-state index contributed by atoms with van der Waals surface area (Å²) in [5, 5.41) is 18.1. The van der Waals surface area contributed by atoms with Crippen LogP contribution in [0, 0.1) is 5.82 Å². The van der Waals surface area contributed by atoms with Gasteiger partial charge in [0.2, 0.25) is 5.95 Å².